The molecule has 14 heavy (non-hydrogen) atoms. The second-order valence-electron chi connectivity index (χ2n) is 3.22. The fraction of sp³-hybridized carbons (Fsp3) is 0. The van der Waals surface area contributed by atoms with Crippen LogP contribution in [0.15, 0.2) is 48.5 Å². The summed E-state index contributed by atoms with van der Waals surface area (Å²) in [7, 11) is 0. The van der Waals surface area contributed by atoms with E-state index in [4.69, 9.17) is 0 Å². The van der Waals surface area contributed by atoms with Gasteiger partial charge >= 0.3 is 58.2 Å². The van der Waals surface area contributed by atoms with Crippen molar-refractivity contribution in [3.8, 4) is 0 Å². The van der Waals surface area contributed by atoms with Gasteiger partial charge in [-0.05, 0) is 12.1 Å². The van der Waals surface area contributed by atoms with Gasteiger partial charge in [0.05, 0.1) is 0 Å². The summed E-state index contributed by atoms with van der Waals surface area (Å²) >= 11 is 0. The minimum absolute atomic E-state index is 0. The van der Waals surface area contributed by atoms with E-state index in [1.165, 1.54) is 21.8 Å². The minimum Gasteiger partial charge on any atom is -0.355 e. The van der Waals surface area contributed by atoms with Crippen LogP contribution in [0.5, 0.6) is 0 Å². The Morgan fingerprint density at radius 3 is 1.57 bits per heavy atom. The maximum Gasteiger partial charge on any atom is 0.0464 e. The maximum atomic E-state index is 3.38. The number of hydrogen-bond acceptors (Lipinski definition) is 0. The van der Waals surface area contributed by atoms with Crippen LogP contribution in [0.3, 0.4) is 0 Å². The SMILES string of the molecule is [RbH].c1ccc2c(c1)[nH]c1ccccc12. The van der Waals surface area contributed by atoms with Crippen molar-refractivity contribution in [3.05, 3.63) is 48.5 Å². The third kappa shape index (κ3) is 1.63. The molecule has 1 heterocycles. The molecule has 0 saturated carbocycles. The number of hydrogen-bond donors (Lipinski definition) is 1. The van der Waals surface area contributed by atoms with Crippen LogP contribution >= 0.6 is 0 Å². The van der Waals surface area contributed by atoms with E-state index in [1.54, 1.807) is 0 Å². The summed E-state index contributed by atoms with van der Waals surface area (Å²) in [6, 6.07) is 16.8. The number of rotatable bonds is 0. The van der Waals surface area contributed by atoms with Crippen molar-refractivity contribution in [1.82, 2.24) is 4.98 Å². The molecule has 0 fully saturated rings. The van der Waals surface area contributed by atoms with Gasteiger partial charge < -0.3 is 4.98 Å². The van der Waals surface area contributed by atoms with Crippen LogP contribution in [0.4, 0.5) is 0 Å². The van der Waals surface area contributed by atoms with Gasteiger partial charge in [-0.25, -0.2) is 0 Å². The summed E-state index contributed by atoms with van der Waals surface area (Å²) in [5, 5.41) is 2.61. The van der Waals surface area contributed by atoms with Crippen LogP contribution in [0.1, 0.15) is 0 Å². The molecule has 0 atom stereocenters. The van der Waals surface area contributed by atoms with E-state index >= 15 is 0 Å². The van der Waals surface area contributed by atoms with E-state index in [0.717, 1.165) is 0 Å². The fourth-order valence-electron chi connectivity index (χ4n) is 1.80. The normalized spacial score (nSPS) is 10.3. The van der Waals surface area contributed by atoms with E-state index in [-0.39, 0.29) is 58.2 Å². The van der Waals surface area contributed by atoms with Gasteiger partial charge in [-0.3, -0.25) is 0 Å². The van der Waals surface area contributed by atoms with Crippen molar-refractivity contribution in [2.75, 3.05) is 0 Å². The molecule has 0 radical (unpaired) electrons. The molecule has 0 aliphatic carbocycles. The minimum atomic E-state index is 0. The van der Waals surface area contributed by atoms with E-state index in [2.05, 4.69) is 53.5 Å². The third-order valence-corrected chi connectivity index (χ3v) is 2.41. The van der Waals surface area contributed by atoms with Crippen molar-refractivity contribution in [2.45, 2.75) is 0 Å². The van der Waals surface area contributed by atoms with Crippen molar-refractivity contribution in [2.24, 2.45) is 0 Å². The van der Waals surface area contributed by atoms with Crippen molar-refractivity contribution < 1.29 is 0 Å². The second kappa shape index (κ2) is 4.27. The summed E-state index contributed by atoms with van der Waals surface area (Å²) < 4.78 is 0. The molecule has 1 nitrogen and oxygen atoms in total. The average molecular weight is 254 g/mol. The number of H-pyrrole nitrogens is 1. The van der Waals surface area contributed by atoms with E-state index in [9.17, 15) is 0 Å². The Labute approximate surface area is 131 Å². The third-order valence-electron chi connectivity index (χ3n) is 2.41. The van der Waals surface area contributed by atoms with Gasteiger partial charge in [0.25, 0.3) is 0 Å². The summed E-state index contributed by atoms with van der Waals surface area (Å²) in [6.07, 6.45) is 0. The maximum absolute atomic E-state index is 3.38. The van der Waals surface area contributed by atoms with Crippen LogP contribution in [0.25, 0.3) is 21.8 Å². The number of nitrogens with one attached hydrogen (secondary N) is 1. The Hall–Kier alpha value is 0.0452. The van der Waals surface area contributed by atoms with Gasteiger partial charge in [0.2, 0.25) is 0 Å². The fourth-order valence-corrected chi connectivity index (χ4v) is 1.80. The summed E-state index contributed by atoms with van der Waals surface area (Å²) in [4.78, 5) is 3.38. The molecule has 0 bridgehead atoms. The molecule has 2 heteroatoms. The second-order valence-corrected chi connectivity index (χ2v) is 3.22. The molecular formula is C12H10NRb. The van der Waals surface area contributed by atoms with Crippen LogP contribution in [0, 0.1) is 0 Å². The summed E-state index contributed by atoms with van der Waals surface area (Å²) in [6.45, 7) is 0. The first-order valence-electron chi connectivity index (χ1n) is 4.40. The van der Waals surface area contributed by atoms with Crippen LogP contribution in [-0.4, -0.2) is 63.2 Å². The number of para-hydroxylation sites is 2. The Kier molecular flexibility index (Phi) is 3.22. The van der Waals surface area contributed by atoms with Gasteiger partial charge in [-0.1, -0.05) is 36.4 Å². The van der Waals surface area contributed by atoms with Crippen LogP contribution in [0.2, 0.25) is 0 Å². The predicted molar refractivity (Wildman–Crippen MR) is 63.0 cm³/mol. The van der Waals surface area contributed by atoms with E-state index < -0.39 is 0 Å². The zero-order valence-corrected chi connectivity index (χ0v) is 7.12. The van der Waals surface area contributed by atoms with Crippen molar-refractivity contribution in [1.29, 1.82) is 0 Å². The molecule has 3 rings (SSSR count). The molecule has 2 aromatic carbocycles. The monoisotopic (exact) mass is 253 g/mol. The molecule has 0 aliphatic rings. The number of fused-ring (bicyclic) bond motifs is 3. The summed E-state index contributed by atoms with van der Waals surface area (Å²) in [5.41, 5.74) is 2.42. The molecule has 0 unspecified atom stereocenters. The van der Waals surface area contributed by atoms with Gasteiger partial charge in [0.15, 0.2) is 0 Å². The topological polar surface area (TPSA) is 15.8 Å². The van der Waals surface area contributed by atoms with Gasteiger partial charge in [-0.15, -0.1) is 0 Å². The number of aromatic nitrogens is 1. The standard InChI is InChI=1S/C12H9N.Rb.H/c1-3-7-11-9(5-1)10-6-2-4-8-12(10)13-11;;/h1-8,13H;;. The van der Waals surface area contributed by atoms with Crippen LogP contribution in [-0.2, 0) is 0 Å². The summed E-state index contributed by atoms with van der Waals surface area (Å²) in [5.74, 6) is 0. The first-order chi connectivity index (χ1) is 6.45. The molecule has 0 spiro atoms. The van der Waals surface area contributed by atoms with Gasteiger partial charge in [0.1, 0.15) is 0 Å². The van der Waals surface area contributed by atoms with Crippen molar-refractivity contribution in [3.63, 3.8) is 0 Å². The zero-order chi connectivity index (χ0) is 8.67. The smallest absolute Gasteiger partial charge is 0.0464 e. The molecule has 64 valence electrons. The number of benzene rings is 2. The Bertz CT molecular complexity index is 518. The van der Waals surface area contributed by atoms with Gasteiger partial charge in [-0.2, -0.15) is 0 Å². The molecular weight excluding hydrogens is 244 g/mol. The van der Waals surface area contributed by atoms with Crippen LogP contribution < -0.4 is 0 Å². The quantitative estimate of drug-likeness (QED) is 0.634. The first-order valence-corrected chi connectivity index (χ1v) is 4.40. The Morgan fingerprint density at radius 2 is 1.07 bits per heavy atom. The molecule has 0 amide bonds. The molecule has 1 aromatic heterocycles. The zero-order valence-electron chi connectivity index (χ0n) is 7.12. The molecule has 3 aromatic rings. The Morgan fingerprint density at radius 1 is 0.643 bits per heavy atom. The first kappa shape index (κ1) is 10.6. The molecule has 1 N–H and O–H groups in total. The average Bonchev–Trinajstić information content (AvgIpc) is 2.56. The molecule has 0 aliphatic heterocycles. The largest absolute Gasteiger partial charge is 0.355 e. The van der Waals surface area contributed by atoms with Crippen molar-refractivity contribution >= 4 is 80.0 Å². The molecule has 0 saturated heterocycles. The number of aromatic amines is 1. The Balaban J connectivity index is 0.000000750. The van der Waals surface area contributed by atoms with E-state index in [0.29, 0.717) is 0 Å². The van der Waals surface area contributed by atoms with E-state index in [1.807, 2.05) is 0 Å². The van der Waals surface area contributed by atoms with Gasteiger partial charge in [0, 0.05) is 21.8 Å². The predicted octanol–water partition coefficient (Wildman–Crippen LogP) is 2.67.